The van der Waals surface area contributed by atoms with Gasteiger partial charge in [-0.1, -0.05) is 18.6 Å². The SMILES string of the molecule is NC1(c2ccc3ncccc3c2)CCCC(C(F)(F)F)C1. The third kappa shape index (κ3) is 2.75. The van der Waals surface area contributed by atoms with Gasteiger partial charge in [-0.05, 0) is 43.0 Å². The number of aromatic nitrogens is 1. The Labute approximate surface area is 121 Å². The average Bonchev–Trinajstić information content (AvgIpc) is 2.46. The second-order valence-electron chi connectivity index (χ2n) is 5.90. The van der Waals surface area contributed by atoms with Gasteiger partial charge in [-0.25, -0.2) is 0 Å². The van der Waals surface area contributed by atoms with Crippen molar-refractivity contribution in [2.24, 2.45) is 11.7 Å². The maximum Gasteiger partial charge on any atom is 0.391 e. The van der Waals surface area contributed by atoms with Crippen LogP contribution in [0, 0.1) is 5.92 Å². The highest BCUT2D eigenvalue weighted by Gasteiger charge is 2.46. The van der Waals surface area contributed by atoms with Gasteiger partial charge in [0.1, 0.15) is 0 Å². The normalized spacial score (nSPS) is 27.0. The first kappa shape index (κ1) is 14.3. The molecule has 2 unspecified atom stereocenters. The highest BCUT2D eigenvalue weighted by Crippen LogP contribution is 2.45. The number of halogens is 3. The summed E-state index contributed by atoms with van der Waals surface area (Å²) in [4.78, 5) is 4.22. The van der Waals surface area contributed by atoms with Gasteiger partial charge in [0.25, 0.3) is 0 Å². The molecule has 1 saturated carbocycles. The largest absolute Gasteiger partial charge is 0.391 e. The smallest absolute Gasteiger partial charge is 0.321 e. The minimum Gasteiger partial charge on any atom is -0.321 e. The van der Waals surface area contributed by atoms with E-state index in [2.05, 4.69) is 4.98 Å². The fraction of sp³-hybridized carbons (Fsp3) is 0.438. The van der Waals surface area contributed by atoms with E-state index in [0.29, 0.717) is 12.8 Å². The van der Waals surface area contributed by atoms with Crippen molar-refractivity contribution in [3.63, 3.8) is 0 Å². The van der Waals surface area contributed by atoms with E-state index in [1.165, 1.54) is 0 Å². The van der Waals surface area contributed by atoms with E-state index in [1.807, 2.05) is 30.3 Å². The molecule has 0 spiro atoms. The van der Waals surface area contributed by atoms with Gasteiger partial charge in [-0.2, -0.15) is 13.2 Å². The van der Waals surface area contributed by atoms with Crippen LogP contribution in [0.1, 0.15) is 31.2 Å². The van der Waals surface area contributed by atoms with Crippen LogP contribution in [-0.4, -0.2) is 11.2 Å². The molecule has 0 saturated heterocycles. The van der Waals surface area contributed by atoms with Crippen LogP contribution in [0.4, 0.5) is 13.2 Å². The molecule has 0 aliphatic heterocycles. The number of pyridine rings is 1. The van der Waals surface area contributed by atoms with Crippen molar-refractivity contribution in [3.8, 4) is 0 Å². The number of alkyl halides is 3. The summed E-state index contributed by atoms with van der Waals surface area (Å²) < 4.78 is 39.0. The fourth-order valence-electron chi connectivity index (χ4n) is 3.23. The Morgan fingerprint density at radius 3 is 2.81 bits per heavy atom. The Morgan fingerprint density at radius 1 is 1.24 bits per heavy atom. The molecule has 112 valence electrons. The van der Waals surface area contributed by atoms with E-state index in [1.54, 1.807) is 6.20 Å². The first-order valence-electron chi connectivity index (χ1n) is 7.09. The van der Waals surface area contributed by atoms with Crippen LogP contribution in [0.25, 0.3) is 10.9 Å². The van der Waals surface area contributed by atoms with Gasteiger partial charge in [0, 0.05) is 17.1 Å². The Balaban J connectivity index is 1.96. The van der Waals surface area contributed by atoms with Crippen molar-refractivity contribution in [2.45, 2.75) is 37.4 Å². The Hall–Kier alpha value is -1.62. The quantitative estimate of drug-likeness (QED) is 0.858. The Bertz CT molecular complexity index is 653. The molecule has 0 bridgehead atoms. The summed E-state index contributed by atoms with van der Waals surface area (Å²) in [6.45, 7) is 0. The molecular formula is C16H17F3N2. The number of hydrogen-bond acceptors (Lipinski definition) is 2. The van der Waals surface area contributed by atoms with Crippen molar-refractivity contribution in [2.75, 3.05) is 0 Å². The minimum atomic E-state index is -4.16. The van der Waals surface area contributed by atoms with E-state index < -0.39 is 17.6 Å². The summed E-state index contributed by atoms with van der Waals surface area (Å²) >= 11 is 0. The number of hydrogen-bond donors (Lipinski definition) is 1. The van der Waals surface area contributed by atoms with Crippen molar-refractivity contribution in [1.29, 1.82) is 0 Å². The lowest BCUT2D eigenvalue weighted by Gasteiger charge is -2.39. The molecule has 2 N–H and O–H groups in total. The Morgan fingerprint density at radius 2 is 2.05 bits per heavy atom. The van der Waals surface area contributed by atoms with E-state index in [9.17, 15) is 13.2 Å². The number of nitrogens with two attached hydrogens (primary N) is 1. The van der Waals surface area contributed by atoms with Crippen LogP contribution in [0.2, 0.25) is 0 Å². The Kier molecular flexibility index (Phi) is 3.40. The molecular weight excluding hydrogens is 277 g/mol. The summed E-state index contributed by atoms with van der Waals surface area (Å²) in [6.07, 6.45) is -1.24. The predicted octanol–water partition coefficient (Wildman–Crippen LogP) is 4.14. The maximum absolute atomic E-state index is 13.0. The van der Waals surface area contributed by atoms with Crippen LogP contribution >= 0.6 is 0 Å². The third-order valence-corrected chi connectivity index (χ3v) is 4.43. The number of rotatable bonds is 1. The molecule has 5 heteroatoms. The van der Waals surface area contributed by atoms with Crippen LogP contribution < -0.4 is 5.73 Å². The van der Waals surface area contributed by atoms with Crippen LogP contribution in [0.15, 0.2) is 36.5 Å². The summed E-state index contributed by atoms with van der Waals surface area (Å²) in [5.41, 5.74) is 7.04. The molecule has 1 aromatic carbocycles. The van der Waals surface area contributed by atoms with E-state index in [0.717, 1.165) is 16.5 Å². The standard InChI is InChI=1S/C16H17F3N2/c17-16(18,19)13-4-1-7-15(20,10-13)12-5-6-14-11(9-12)3-2-8-21-14/h2-3,5-6,8-9,13H,1,4,7,10,20H2. The molecule has 2 atom stereocenters. The van der Waals surface area contributed by atoms with E-state index >= 15 is 0 Å². The highest BCUT2D eigenvalue weighted by molar-refractivity contribution is 5.79. The number of benzene rings is 1. The van der Waals surface area contributed by atoms with Gasteiger partial charge in [0.15, 0.2) is 0 Å². The number of nitrogens with zero attached hydrogens (tertiary/aromatic N) is 1. The maximum atomic E-state index is 13.0. The molecule has 3 rings (SSSR count). The molecule has 1 heterocycles. The molecule has 2 nitrogen and oxygen atoms in total. The summed E-state index contributed by atoms with van der Waals surface area (Å²) in [5, 5.41) is 0.911. The minimum absolute atomic E-state index is 0.0394. The van der Waals surface area contributed by atoms with Gasteiger partial charge >= 0.3 is 6.18 Å². The first-order chi connectivity index (χ1) is 9.88. The van der Waals surface area contributed by atoms with Gasteiger partial charge < -0.3 is 5.73 Å². The average molecular weight is 294 g/mol. The monoisotopic (exact) mass is 294 g/mol. The van der Waals surface area contributed by atoms with Gasteiger partial charge in [0.05, 0.1) is 11.4 Å². The second-order valence-corrected chi connectivity index (χ2v) is 5.90. The summed E-state index contributed by atoms with van der Waals surface area (Å²) in [7, 11) is 0. The van der Waals surface area contributed by atoms with Gasteiger partial charge in [-0.15, -0.1) is 0 Å². The lowest BCUT2D eigenvalue weighted by atomic mass is 9.72. The van der Waals surface area contributed by atoms with Gasteiger partial charge in [-0.3, -0.25) is 4.98 Å². The van der Waals surface area contributed by atoms with Gasteiger partial charge in [0.2, 0.25) is 0 Å². The van der Waals surface area contributed by atoms with Crippen molar-refractivity contribution in [1.82, 2.24) is 4.98 Å². The summed E-state index contributed by atoms with van der Waals surface area (Å²) in [5.74, 6) is -1.30. The molecule has 0 amide bonds. The second kappa shape index (κ2) is 4.98. The summed E-state index contributed by atoms with van der Waals surface area (Å²) in [6, 6.07) is 9.24. The molecule has 0 radical (unpaired) electrons. The van der Waals surface area contributed by atoms with Crippen LogP contribution in [0.3, 0.4) is 0 Å². The lowest BCUT2D eigenvalue weighted by molar-refractivity contribution is -0.187. The molecule has 1 aliphatic rings. The van der Waals surface area contributed by atoms with E-state index in [4.69, 9.17) is 5.73 Å². The topological polar surface area (TPSA) is 38.9 Å². The van der Waals surface area contributed by atoms with Crippen molar-refractivity contribution >= 4 is 10.9 Å². The predicted molar refractivity (Wildman–Crippen MR) is 75.6 cm³/mol. The van der Waals surface area contributed by atoms with Crippen molar-refractivity contribution in [3.05, 3.63) is 42.1 Å². The molecule has 1 aromatic heterocycles. The van der Waals surface area contributed by atoms with Crippen molar-refractivity contribution < 1.29 is 13.2 Å². The molecule has 2 aromatic rings. The highest BCUT2D eigenvalue weighted by atomic mass is 19.4. The van der Waals surface area contributed by atoms with Crippen LogP contribution in [-0.2, 0) is 5.54 Å². The third-order valence-electron chi connectivity index (χ3n) is 4.43. The first-order valence-corrected chi connectivity index (χ1v) is 7.09. The molecule has 21 heavy (non-hydrogen) atoms. The lowest BCUT2D eigenvalue weighted by Crippen LogP contribution is -2.44. The molecule has 1 aliphatic carbocycles. The zero-order chi connectivity index (χ0) is 15.1. The zero-order valence-corrected chi connectivity index (χ0v) is 11.5. The van der Waals surface area contributed by atoms with Crippen LogP contribution in [0.5, 0.6) is 0 Å². The zero-order valence-electron chi connectivity index (χ0n) is 11.5. The number of fused-ring (bicyclic) bond motifs is 1. The van der Waals surface area contributed by atoms with E-state index in [-0.39, 0.29) is 12.8 Å². The fourth-order valence-corrected chi connectivity index (χ4v) is 3.23. The molecule has 1 fully saturated rings.